The van der Waals surface area contributed by atoms with Crippen molar-refractivity contribution in [2.45, 2.75) is 12.5 Å². The summed E-state index contributed by atoms with van der Waals surface area (Å²) < 4.78 is 13.5. The van der Waals surface area contributed by atoms with Crippen molar-refractivity contribution in [1.29, 1.82) is 0 Å². The van der Waals surface area contributed by atoms with Crippen LogP contribution in [0.2, 0.25) is 5.02 Å². The lowest BCUT2D eigenvalue weighted by Gasteiger charge is -2.11. The molecule has 0 aliphatic carbocycles. The third-order valence-corrected chi connectivity index (χ3v) is 2.73. The molecule has 1 heterocycles. The van der Waals surface area contributed by atoms with E-state index in [1.54, 1.807) is 36.7 Å². The monoisotopic (exact) mass is 251 g/mol. The number of halogens is 2. The lowest BCUT2D eigenvalue weighted by Crippen LogP contribution is -2.03. The highest BCUT2D eigenvalue weighted by Gasteiger charge is 2.11. The molecule has 1 N–H and O–H groups in total. The van der Waals surface area contributed by atoms with E-state index < -0.39 is 11.9 Å². The summed E-state index contributed by atoms with van der Waals surface area (Å²) in [6.07, 6.45) is 2.63. The minimum absolute atomic E-state index is 0.203. The largest absolute Gasteiger partial charge is 0.388 e. The number of hydrogen-bond acceptors (Lipinski definition) is 2. The van der Waals surface area contributed by atoms with Crippen molar-refractivity contribution in [3.05, 3.63) is 64.7 Å². The second kappa shape index (κ2) is 5.25. The van der Waals surface area contributed by atoms with Crippen LogP contribution in [0.5, 0.6) is 0 Å². The Morgan fingerprint density at radius 1 is 1.35 bits per heavy atom. The van der Waals surface area contributed by atoms with Gasteiger partial charge in [-0.1, -0.05) is 23.7 Å². The van der Waals surface area contributed by atoms with E-state index in [4.69, 9.17) is 11.6 Å². The Kier molecular flexibility index (Phi) is 3.71. The third kappa shape index (κ3) is 3.02. The van der Waals surface area contributed by atoms with Crippen molar-refractivity contribution < 1.29 is 9.50 Å². The van der Waals surface area contributed by atoms with Gasteiger partial charge < -0.3 is 5.11 Å². The summed E-state index contributed by atoms with van der Waals surface area (Å²) in [5.74, 6) is -0.402. The second-order valence-corrected chi connectivity index (χ2v) is 4.18. The molecule has 1 unspecified atom stereocenters. The van der Waals surface area contributed by atoms with Gasteiger partial charge in [-0.15, -0.1) is 0 Å². The van der Waals surface area contributed by atoms with E-state index in [1.165, 1.54) is 6.07 Å². The van der Waals surface area contributed by atoms with Crippen molar-refractivity contribution in [1.82, 2.24) is 4.98 Å². The van der Waals surface area contributed by atoms with Gasteiger partial charge in [-0.05, 0) is 29.3 Å². The van der Waals surface area contributed by atoms with Crippen molar-refractivity contribution in [2.24, 2.45) is 0 Å². The zero-order valence-electron chi connectivity index (χ0n) is 8.98. The molecule has 0 radical (unpaired) electrons. The number of hydrogen-bond donors (Lipinski definition) is 1. The molecule has 0 bridgehead atoms. The number of nitrogens with zero attached hydrogens (tertiary/aromatic N) is 1. The molecule has 2 aromatic rings. The summed E-state index contributed by atoms with van der Waals surface area (Å²) in [7, 11) is 0. The SMILES string of the molecule is OC(Cc1ccc(Cl)cc1F)c1cccnc1. The standard InChI is InChI=1S/C13H11ClFNO/c14-11-4-3-9(12(15)7-11)6-13(17)10-2-1-5-16-8-10/h1-5,7-8,13,17H,6H2. The molecule has 0 saturated heterocycles. The van der Waals surface area contributed by atoms with Crippen molar-refractivity contribution >= 4 is 11.6 Å². The Morgan fingerprint density at radius 2 is 2.18 bits per heavy atom. The molecular weight excluding hydrogens is 241 g/mol. The van der Waals surface area contributed by atoms with Gasteiger partial charge in [0, 0.05) is 23.8 Å². The fourth-order valence-corrected chi connectivity index (χ4v) is 1.75. The molecule has 88 valence electrons. The van der Waals surface area contributed by atoms with Crippen LogP contribution in [0, 0.1) is 5.82 Å². The smallest absolute Gasteiger partial charge is 0.127 e. The van der Waals surface area contributed by atoms with Gasteiger partial charge in [0.1, 0.15) is 5.82 Å². The van der Waals surface area contributed by atoms with Gasteiger partial charge in [-0.2, -0.15) is 0 Å². The summed E-state index contributed by atoms with van der Waals surface area (Å²) in [5, 5.41) is 10.3. The maximum absolute atomic E-state index is 13.5. The van der Waals surface area contributed by atoms with Crippen molar-refractivity contribution in [3.8, 4) is 0 Å². The number of aromatic nitrogens is 1. The van der Waals surface area contributed by atoms with Gasteiger partial charge in [0.2, 0.25) is 0 Å². The highest BCUT2D eigenvalue weighted by Crippen LogP contribution is 2.21. The molecule has 0 fully saturated rings. The highest BCUT2D eigenvalue weighted by molar-refractivity contribution is 6.30. The van der Waals surface area contributed by atoms with Crippen LogP contribution in [0.4, 0.5) is 4.39 Å². The van der Waals surface area contributed by atoms with Crippen LogP contribution < -0.4 is 0 Å². The van der Waals surface area contributed by atoms with Gasteiger partial charge in [-0.25, -0.2) is 4.39 Å². The van der Waals surface area contributed by atoms with Gasteiger partial charge in [0.25, 0.3) is 0 Å². The molecule has 2 rings (SSSR count). The van der Waals surface area contributed by atoms with Crippen LogP contribution in [0.25, 0.3) is 0 Å². The average Bonchev–Trinajstić information content (AvgIpc) is 2.34. The average molecular weight is 252 g/mol. The zero-order valence-corrected chi connectivity index (χ0v) is 9.73. The van der Waals surface area contributed by atoms with Crippen LogP contribution in [0.3, 0.4) is 0 Å². The predicted molar refractivity (Wildman–Crippen MR) is 64.3 cm³/mol. The Morgan fingerprint density at radius 3 is 2.82 bits per heavy atom. The van der Waals surface area contributed by atoms with Gasteiger partial charge in [-0.3, -0.25) is 4.98 Å². The first-order chi connectivity index (χ1) is 8.16. The fourth-order valence-electron chi connectivity index (χ4n) is 1.59. The molecule has 0 amide bonds. The molecule has 0 aliphatic rings. The summed E-state index contributed by atoms with van der Waals surface area (Å²) in [6.45, 7) is 0. The third-order valence-electron chi connectivity index (χ3n) is 2.50. The summed E-state index contributed by atoms with van der Waals surface area (Å²) >= 11 is 5.66. The normalized spacial score (nSPS) is 12.4. The van der Waals surface area contributed by atoms with E-state index in [0.29, 0.717) is 16.1 Å². The van der Waals surface area contributed by atoms with E-state index in [0.717, 1.165) is 0 Å². The van der Waals surface area contributed by atoms with E-state index >= 15 is 0 Å². The molecule has 0 saturated carbocycles. The van der Waals surface area contributed by atoms with Gasteiger partial charge >= 0.3 is 0 Å². The lowest BCUT2D eigenvalue weighted by atomic mass is 10.0. The molecule has 0 aliphatic heterocycles. The molecule has 2 nitrogen and oxygen atoms in total. The number of rotatable bonds is 3. The van der Waals surface area contributed by atoms with Crippen LogP contribution in [-0.2, 0) is 6.42 Å². The Bertz CT molecular complexity index is 504. The zero-order chi connectivity index (χ0) is 12.3. The first kappa shape index (κ1) is 12.0. The van der Waals surface area contributed by atoms with Crippen molar-refractivity contribution in [3.63, 3.8) is 0 Å². The minimum Gasteiger partial charge on any atom is -0.388 e. The topological polar surface area (TPSA) is 33.1 Å². The van der Waals surface area contributed by atoms with Gasteiger partial charge in [0.05, 0.1) is 6.10 Å². The van der Waals surface area contributed by atoms with Crippen LogP contribution >= 0.6 is 11.6 Å². The van der Waals surface area contributed by atoms with E-state index in [-0.39, 0.29) is 6.42 Å². The Labute approximate surface area is 104 Å². The lowest BCUT2D eigenvalue weighted by molar-refractivity contribution is 0.176. The number of aliphatic hydroxyl groups is 1. The van der Waals surface area contributed by atoms with Crippen LogP contribution in [0.15, 0.2) is 42.7 Å². The van der Waals surface area contributed by atoms with Crippen LogP contribution in [-0.4, -0.2) is 10.1 Å². The quantitative estimate of drug-likeness (QED) is 0.909. The molecule has 0 spiro atoms. The van der Waals surface area contributed by atoms with Crippen LogP contribution in [0.1, 0.15) is 17.2 Å². The van der Waals surface area contributed by atoms with E-state index in [2.05, 4.69) is 4.98 Å². The fraction of sp³-hybridized carbons (Fsp3) is 0.154. The Hall–Kier alpha value is -1.45. The first-order valence-electron chi connectivity index (χ1n) is 5.19. The Balaban J connectivity index is 2.16. The molecule has 17 heavy (non-hydrogen) atoms. The first-order valence-corrected chi connectivity index (χ1v) is 5.56. The molecule has 1 aromatic carbocycles. The van der Waals surface area contributed by atoms with Crippen molar-refractivity contribution in [2.75, 3.05) is 0 Å². The molecule has 1 atom stereocenters. The number of benzene rings is 1. The van der Waals surface area contributed by atoms with Gasteiger partial charge in [0.15, 0.2) is 0 Å². The number of aliphatic hydroxyl groups excluding tert-OH is 1. The number of pyridine rings is 1. The molecule has 4 heteroatoms. The minimum atomic E-state index is -0.764. The maximum Gasteiger partial charge on any atom is 0.127 e. The second-order valence-electron chi connectivity index (χ2n) is 3.74. The predicted octanol–water partition coefficient (Wildman–Crippen LogP) is 3.15. The molecule has 1 aromatic heterocycles. The highest BCUT2D eigenvalue weighted by atomic mass is 35.5. The summed E-state index contributed by atoms with van der Waals surface area (Å²) in [4.78, 5) is 3.91. The summed E-state index contributed by atoms with van der Waals surface area (Å²) in [6, 6.07) is 7.92. The molecular formula is C13H11ClFNO. The maximum atomic E-state index is 13.5. The van der Waals surface area contributed by atoms with E-state index in [1.807, 2.05) is 0 Å². The summed E-state index contributed by atoms with van der Waals surface area (Å²) in [5.41, 5.74) is 1.10. The van der Waals surface area contributed by atoms with E-state index in [9.17, 15) is 9.50 Å².